The Kier molecular flexibility index (Phi) is 6.10. The Hall–Kier alpha value is -3.32. The molecule has 1 aromatic carbocycles. The van der Waals surface area contributed by atoms with Crippen LogP contribution in [0.5, 0.6) is 0 Å². The number of rotatable bonds is 5. The molecule has 2 bridgehead atoms. The van der Waals surface area contributed by atoms with Gasteiger partial charge in [-0.3, -0.25) is 9.36 Å². The molecule has 1 saturated heterocycles. The minimum absolute atomic E-state index is 0.0256. The molecule has 2 aromatic rings. The monoisotopic (exact) mass is 510 g/mol. The van der Waals surface area contributed by atoms with E-state index in [0.29, 0.717) is 31.6 Å². The maximum absolute atomic E-state index is 13.0. The van der Waals surface area contributed by atoms with Crippen molar-refractivity contribution in [3.8, 4) is 6.07 Å². The zero-order chi connectivity index (χ0) is 26.6. The quantitative estimate of drug-likeness (QED) is 0.655. The van der Waals surface area contributed by atoms with Gasteiger partial charge >= 0.3 is 11.8 Å². The Morgan fingerprint density at radius 1 is 1.30 bits per heavy atom. The summed E-state index contributed by atoms with van der Waals surface area (Å²) in [5.74, 6) is -0.754. The second-order valence-electron chi connectivity index (χ2n) is 12.0. The lowest BCUT2D eigenvalue weighted by atomic mass is 9.32. The topological polar surface area (TPSA) is 127 Å². The molecular formula is C27H34N4O6. The predicted molar refractivity (Wildman–Crippen MR) is 134 cm³/mol. The number of nitriles is 1. The van der Waals surface area contributed by atoms with Crippen molar-refractivity contribution in [1.82, 2.24) is 14.8 Å². The van der Waals surface area contributed by atoms with Crippen LogP contribution in [-0.4, -0.2) is 58.9 Å². The fourth-order valence-corrected chi connectivity index (χ4v) is 6.28. The molecule has 0 radical (unpaired) electrons. The molecule has 37 heavy (non-hydrogen) atoms. The minimum Gasteiger partial charge on any atom is -0.444 e. The molecule has 10 nitrogen and oxygen atoms in total. The maximum Gasteiger partial charge on any atom is 0.419 e. The molecule has 4 aliphatic rings. The van der Waals surface area contributed by atoms with E-state index in [9.17, 15) is 19.6 Å². The van der Waals surface area contributed by atoms with Crippen molar-refractivity contribution in [2.24, 2.45) is 12.5 Å². The number of aromatic nitrogens is 1. The molecular weight excluding hydrogens is 476 g/mol. The highest BCUT2D eigenvalue weighted by atomic mass is 16.6. The molecule has 0 unspecified atom stereocenters. The van der Waals surface area contributed by atoms with Gasteiger partial charge in [-0.05, 0) is 81.4 Å². The third-order valence-electron chi connectivity index (χ3n) is 7.88. The average molecular weight is 511 g/mol. The fourth-order valence-electron chi connectivity index (χ4n) is 6.28. The summed E-state index contributed by atoms with van der Waals surface area (Å²) in [5, 5.41) is 12.6. The molecule has 2 heterocycles. The van der Waals surface area contributed by atoms with Crippen LogP contribution in [-0.2, 0) is 26.7 Å². The number of aryl methyl sites for hydroxylation is 1. The van der Waals surface area contributed by atoms with Crippen LogP contribution in [0, 0.1) is 16.7 Å². The molecule has 1 aliphatic heterocycles. The van der Waals surface area contributed by atoms with Crippen LogP contribution in [0.3, 0.4) is 0 Å². The number of hydrogen-bond acceptors (Lipinski definition) is 7. The van der Waals surface area contributed by atoms with Crippen molar-refractivity contribution in [3.63, 3.8) is 0 Å². The van der Waals surface area contributed by atoms with Crippen molar-refractivity contribution >= 4 is 23.1 Å². The fraction of sp³-hybridized carbons (Fsp3) is 0.630. The lowest BCUT2D eigenvalue weighted by Crippen LogP contribution is -2.66. The van der Waals surface area contributed by atoms with E-state index in [1.165, 1.54) is 15.0 Å². The Labute approximate surface area is 215 Å². The van der Waals surface area contributed by atoms with Gasteiger partial charge in [-0.2, -0.15) is 5.26 Å². The summed E-state index contributed by atoms with van der Waals surface area (Å²) in [4.78, 5) is 38.9. The third kappa shape index (κ3) is 4.73. The van der Waals surface area contributed by atoms with Crippen LogP contribution in [0.4, 0.5) is 4.79 Å². The number of fused-ring (bicyclic) bond motifs is 1. The lowest BCUT2D eigenvalue weighted by molar-refractivity contribution is -0.151. The molecule has 198 valence electrons. The van der Waals surface area contributed by atoms with E-state index >= 15 is 0 Å². The van der Waals surface area contributed by atoms with E-state index in [1.807, 2.05) is 18.2 Å². The first-order valence-corrected chi connectivity index (χ1v) is 12.8. The third-order valence-corrected chi connectivity index (χ3v) is 7.88. The van der Waals surface area contributed by atoms with Gasteiger partial charge in [0.05, 0.1) is 18.1 Å². The zero-order valence-corrected chi connectivity index (χ0v) is 21.8. The number of hydrogen-bond donors (Lipinski definition) is 1. The van der Waals surface area contributed by atoms with Crippen molar-refractivity contribution in [2.75, 3.05) is 19.7 Å². The second-order valence-corrected chi connectivity index (χ2v) is 12.0. The lowest BCUT2D eigenvalue weighted by Gasteiger charge is -2.72. The number of carbonyl (C=O) groups excluding carboxylic acids is 2. The number of benzene rings is 1. The number of amides is 2. The molecule has 1 N–H and O–H groups in total. The van der Waals surface area contributed by atoms with Crippen molar-refractivity contribution in [2.45, 2.75) is 76.0 Å². The molecule has 10 heteroatoms. The minimum atomic E-state index is -0.849. The number of oxazole rings is 1. The van der Waals surface area contributed by atoms with Crippen molar-refractivity contribution < 1.29 is 23.5 Å². The first-order valence-electron chi connectivity index (χ1n) is 12.8. The summed E-state index contributed by atoms with van der Waals surface area (Å²) >= 11 is 0. The number of ether oxygens (including phenoxy) is 2. The summed E-state index contributed by atoms with van der Waals surface area (Å²) in [7, 11) is 1.70. The van der Waals surface area contributed by atoms with Crippen LogP contribution in [0.15, 0.2) is 27.4 Å². The zero-order valence-electron chi connectivity index (χ0n) is 21.8. The smallest absolute Gasteiger partial charge is 0.419 e. The van der Waals surface area contributed by atoms with Crippen LogP contribution in [0.25, 0.3) is 11.1 Å². The maximum atomic E-state index is 13.0. The Bertz CT molecular complexity index is 1310. The molecule has 1 aromatic heterocycles. The Morgan fingerprint density at radius 2 is 2.03 bits per heavy atom. The van der Waals surface area contributed by atoms with Gasteiger partial charge < -0.3 is 24.1 Å². The van der Waals surface area contributed by atoms with E-state index in [0.717, 1.165) is 24.8 Å². The van der Waals surface area contributed by atoms with Gasteiger partial charge in [0.25, 0.3) is 5.91 Å². The summed E-state index contributed by atoms with van der Waals surface area (Å²) in [5.41, 5.74) is 2.00. The van der Waals surface area contributed by atoms with E-state index in [4.69, 9.17) is 13.9 Å². The van der Waals surface area contributed by atoms with Gasteiger partial charge in [0, 0.05) is 20.2 Å². The predicted octanol–water partition coefficient (Wildman–Crippen LogP) is 2.98. The molecule has 2 amide bonds. The highest BCUT2D eigenvalue weighted by Crippen LogP contribution is 2.75. The van der Waals surface area contributed by atoms with Crippen LogP contribution >= 0.6 is 0 Å². The molecule has 2 atom stereocenters. The van der Waals surface area contributed by atoms with E-state index in [2.05, 4.69) is 11.4 Å². The van der Waals surface area contributed by atoms with Crippen molar-refractivity contribution in [3.05, 3.63) is 34.3 Å². The summed E-state index contributed by atoms with van der Waals surface area (Å²) in [6.45, 7) is 6.29. The summed E-state index contributed by atoms with van der Waals surface area (Å²) in [6.07, 6.45) is 2.69. The Morgan fingerprint density at radius 3 is 2.70 bits per heavy atom. The highest BCUT2D eigenvalue weighted by molar-refractivity contribution is 5.82. The number of carbonyl (C=O) groups is 2. The normalized spacial score (nSPS) is 27.9. The van der Waals surface area contributed by atoms with E-state index < -0.39 is 23.8 Å². The van der Waals surface area contributed by atoms with E-state index in [1.54, 1.807) is 27.8 Å². The summed E-state index contributed by atoms with van der Waals surface area (Å²) < 4.78 is 17.9. The van der Waals surface area contributed by atoms with Gasteiger partial charge in [0.2, 0.25) is 0 Å². The van der Waals surface area contributed by atoms with E-state index in [-0.39, 0.29) is 29.0 Å². The first-order chi connectivity index (χ1) is 17.4. The van der Waals surface area contributed by atoms with Crippen molar-refractivity contribution in [1.29, 1.82) is 5.26 Å². The number of nitrogens with one attached hydrogen (secondary N) is 1. The SMILES string of the molecule is Cn1c(=O)oc2ccc(C34CC(C[C@@H](C#N)NC(=O)[C@@H]5CN(C(=O)OC(C)(C)C)CCCO5)(C3)C4)cc21. The van der Waals surface area contributed by atoms with Crippen LogP contribution in [0.2, 0.25) is 0 Å². The van der Waals surface area contributed by atoms with Crippen LogP contribution < -0.4 is 11.1 Å². The molecule has 0 spiro atoms. The Balaban J connectivity index is 1.18. The molecule has 3 aliphatic carbocycles. The summed E-state index contributed by atoms with van der Waals surface area (Å²) in [6, 6.07) is 7.52. The largest absolute Gasteiger partial charge is 0.444 e. The van der Waals surface area contributed by atoms with Gasteiger partial charge in [0.15, 0.2) is 11.7 Å². The van der Waals surface area contributed by atoms with Crippen LogP contribution in [0.1, 0.15) is 58.4 Å². The molecule has 4 fully saturated rings. The standard InChI is InChI=1S/C27H34N4O6/c1-25(2,3)37-24(34)31-8-5-9-35-21(13-31)22(32)29-18(12-28)11-26-14-27(15-26,16-26)17-6-7-20-19(10-17)30(4)23(33)36-20/h6-7,10,18,21H,5,8-9,11,13-16H2,1-4H3,(H,29,32)/t18-,21-,26?,27?/m0/s1. The van der Waals surface area contributed by atoms with Gasteiger partial charge in [0.1, 0.15) is 11.6 Å². The average Bonchev–Trinajstić information content (AvgIpc) is 2.94. The highest BCUT2D eigenvalue weighted by Gasteiger charge is 2.68. The molecule has 6 rings (SSSR count). The van der Waals surface area contributed by atoms with Gasteiger partial charge in [-0.25, -0.2) is 9.59 Å². The first kappa shape index (κ1) is 25.3. The van der Waals surface area contributed by atoms with Gasteiger partial charge in [-0.15, -0.1) is 0 Å². The second kappa shape index (κ2) is 8.91. The molecule has 3 saturated carbocycles. The van der Waals surface area contributed by atoms with Gasteiger partial charge in [-0.1, -0.05) is 6.07 Å². The number of nitrogens with zero attached hydrogens (tertiary/aromatic N) is 3.